The molecule has 22 heavy (non-hydrogen) atoms. The third-order valence-electron chi connectivity index (χ3n) is 4.40. The second-order valence-corrected chi connectivity index (χ2v) is 8.24. The highest BCUT2D eigenvalue weighted by atomic mass is 35.5. The lowest BCUT2D eigenvalue weighted by atomic mass is 9.87. The van der Waals surface area contributed by atoms with Gasteiger partial charge in [-0.15, -0.1) is 12.4 Å². The highest BCUT2D eigenvalue weighted by Crippen LogP contribution is 2.31. The van der Waals surface area contributed by atoms with Gasteiger partial charge in [-0.2, -0.15) is 0 Å². The Labute approximate surface area is 137 Å². The summed E-state index contributed by atoms with van der Waals surface area (Å²) < 4.78 is 23.0. The second kappa shape index (κ2) is 6.46. The van der Waals surface area contributed by atoms with E-state index in [1.807, 2.05) is 18.2 Å². The van der Waals surface area contributed by atoms with Gasteiger partial charge in [-0.1, -0.05) is 6.07 Å². The molecule has 3 N–H and O–H groups in total. The fourth-order valence-electron chi connectivity index (χ4n) is 3.28. The van der Waals surface area contributed by atoms with Crippen LogP contribution in [0, 0.1) is 5.92 Å². The molecule has 0 aromatic heterocycles. The molecule has 1 saturated heterocycles. The summed E-state index contributed by atoms with van der Waals surface area (Å²) in [5.74, 6) is -0.414. The van der Waals surface area contributed by atoms with Crippen LogP contribution in [0.3, 0.4) is 0 Å². The third-order valence-corrected chi connectivity index (χ3v) is 6.17. The van der Waals surface area contributed by atoms with E-state index in [9.17, 15) is 13.2 Å². The zero-order valence-electron chi connectivity index (χ0n) is 12.2. The molecule has 0 saturated carbocycles. The number of carbonyl (C=O) groups excluding carboxylic acids is 1. The van der Waals surface area contributed by atoms with Crippen LogP contribution in [-0.2, 0) is 21.1 Å². The predicted molar refractivity (Wildman–Crippen MR) is 88.7 cm³/mol. The molecule has 0 bridgehead atoms. The van der Waals surface area contributed by atoms with Gasteiger partial charge in [-0.05, 0) is 48.9 Å². The Hall–Kier alpha value is -1.27. The van der Waals surface area contributed by atoms with Crippen molar-refractivity contribution < 1.29 is 13.2 Å². The molecule has 1 heterocycles. The van der Waals surface area contributed by atoms with Crippen LogP contribution in [0.25, 0.3) is 0 Å². The Kier molecular flexibility index (Phi) is 5.02. The summed E-state index contributed by atoms with van der Waals surface area (Å²) in [6.45, 7) is 0. The van der Waals surface area contributed by atoms with Gasteiger partial charge in [0, 0.05) is 5.69 Å². The van der Waals surface area contributed by atoms with Crippen LogP contribution >= 0.6 is 12.4 Å². The van der Waals surface area contributed by atoms with Crippen LogP contribution < -0.4 is 11.1 Å². The van der Waals surface area contributed by atoms with Gasteiger partial charge in [-0.25, -0.2) is 8.42 Å². The summed E-state index contributed by atoms with van der Waals surface area (Å²) >= 11 is 0. The SMILES string of the molecule is Cl.Nc1ccc2c(c1)CCCC2NC(=O)C1CCS(=O)(=O)C1. The smallest absolute Gasteiger partial charge is 0.224 e. The molecule has 3 rings (SSSR count). The number of carbonyl (C=O) groups is 1. The lowest BCUT2D eigenvalue weighted by molar-refractivity contribution is -0.125. The van der Waals surface area contributed by atoms with Gasteiger partial charge < -0.3 is 11.1 Å². The van der Waals surface area contributed by atoms with Crippen molar-refractivity contribution in [1.82, 2.24) is 5.32 Å². The summed E-state index contributed by atoms with van der Waals surface area (Å²) in [4.78, 5) is 12.3. The average molecular weight is 345 g/mol. The molecule has 2 unspecified atom stereocenters. The molecule has 1 amide bonds. The zero-order chi connectivity index (χ0) is 15.0. The van der Waals surface area contributed by atoms with Crippen molar-refractivity contribution >= 4 is 33.8 Å². The van der Waals surface area contributed by atoms with Crippen LogP contribution in [0.1, 0.15) is 36.4 Å². The first-order valence-corrected chi connectivity index (χ1v) is 9.16. The molecular formula is C15H21ClN2O3S. The number of fused-ring (bicyclic) bond motifs is 1. The molecule has 1 aliphatic heterocycles. The van der Waals surface area contributed by atoms with Crippen molar-refractivity contribution in [3.63, 3.8) is 0 Å². The lowest BCUT2D eigenvalue weighted by Gasteiger charge is -2.27. The molecule has 122 valence electrons. The van der Waals surface area contributed by atoms with E-state index >= 15 is 0 Å². The number of halogens is 1. The number of benzene rings is 1. The quantitative estimate of drug-likeness (QED) is 0.798. The molecule has 2 aliphatic rings. The Morgan fingerprint density at radius 3 is 2.73 bits per heavy atom. The zero-order valence-corrected chi connectivity index (χ0v) is 13.9. The fourth-order valence-corrected chi connectivity index (χ4v) is 5.02. The third kappa shape index (κ3) is 3.55. The van der Waals surface area contributed by atoms with E-state index in [1.165, 1.54) is 5.56 Å². The van der Waals surface area contributed by atoms with Gasteiger partial charge >= 0.3 is 0 Å². The molecule has 7 heteroatoms. The molecule has 1 aliphatic carbocycles. The molecule has 1 fully saturated rings. The van der Waals surface area contributed by atoms with Crippen molar-refractivity contribution in [2.45, 2.75) is 31.7 Å². The summed E-state index contributed by atoms with van der Waals surface area (Å²) in [6.07, 6.45) is 3.31. The number of amides is 1. The molecule has 0 spiro atoms. The highest BCUT2D eigenvalue weighted by Gasteiger charge is 2.34. The Morgan fingerprint density at radius 2 is 2.05 bits per heavy atom. The van der Waals surface area contributed by atoms with Gasteiger partial charge in [0.2, 0.25) is 5.91 Å². The van der Waals surface area contributed by atoms with E-state index in [0.29, 0.717) is 6.42 Å². The van der Waals surface area contributed by atoms with Gasteiger partial charge in [0.1, 0.15) is 0 Å². The maximum absolute atomic E-state index is 12.3. The van der Waals surface area contributed by atoms with Crippen LogP contribution in [0.2, 0.25) is 0 Å². The number of rotatable bonds is 2. The number of hydrogen-bond donors (Lipinski definition) is 2. The molecule has 5 nitrogen and oxygen atoms in total. The topological polar surface area (TPSA) is 89.3 Å². The van der Waals surface area contributed by atoms with Gasteiger partial charge in [0.05, 0.1) is 23.5 Å². The first-order valence-electron chi connectivity index (χ1n) is 7.34. The number of sulfone groups is 1. The number of hydrogen-bond acceptors (Lipinski definition) is 4. The maximum atomic E-state index is 12.3. The Morgan fingerprint density at radius 1 is 1.27 bits per heavy atom. The first-order chi connectivity index (χ1) is 9.94. The lowest BCUT2D eigenvalue weighted by Crippen LogP contribution is -2.36. The van der Waals surface area contributed by atoms with Gasteiger partial charge in [-0.3, -0.25) is 4.79 Å². The number of nitrogen functional groups attached to an aromatic ring is 1. The van der Waals surface area contributed by atoms with Crippen LogP contribution in [0.5, 0.6) is 0 Å². The number of anilines is 1. The van der Waals surface area contributed by atoms with E-state index < -0.39 is 15.8 Å². The normalized spacial score (nSPS) is 25.8. The molecule has 1 aromatic rings. The molecular weight excluding hydrogens is 324 g/mol. The summed E-state index contributed by atoms with van der Waals surface area (Å²) in [6, 6.07) is 5.77. The van der Waals surface area contributed by atoms with E-state index in [0.717, 1.165) is 30.5 Å². The first kappa shape index (κ1) is 17.1. The Bertz CT molecular complexity index is 675. The number of nitrogens with two attached hydrogens (primary N) is 1. The van der Waals surface area contributed by atoms with Gasteiger partial charge in [0.25, 0.3) is 0 Å². The predicted octanol–water partition coefficient (Wildman–Crippen LogP) is 1.62. The van der Waals surface area contributed by atoms with E-state index in [2.05, 4.69) is 5.32 Å². The monoisotopic (exact) mass is 344 g/mol. The van der Waals surface area contributed by atoms with Crippen LogP contribution in [-0.4, -0.2) is 25.8 Å². The highest BCUT2D eigenvalue weighted by molar-refractivity contribution is 7.91. The van der Waals surface area contributed by atoms with E-state index in [4.69, 9.17) is 5.73 Å². The average Bonchev–Trinajstić information content (AvgIpc) is 2.79. The summed E-state index contributed by atoms with van der Waals surface area (Å²) in [7, 11) is -3.02. The second-order valence-electron chi connectivity index (χ2n) is 6.01. The van der Waals surface area contributed by atoms with Crippen molar-refractivity contribution in [2.75, 3.05) is 17.2 Å². The van der Waals surface area contributed by atoms with Crippen LogP contribution in [0.15, 0.2) is 18.2 Å². The molecule has 0 radical (unpaired) electrons. The van der Waals surface area contributed by atoms with Gasteiger partial charge in [0.15, 0.2) is 9.84 Å². The number of aryl methyl sites for hydroxylation is 1. The minimum Gasteiger partial charge on any atom is -0.399 e. The van der Waals surface area contributed by atoms with Crippen LogP contribution in [0.4, 0.5) is 5.69 Å². The van der Waals surface area contributed by atoms with Crippen molar-refractivity contribution in [3.05, 3.63) is 29.3 Å². The maximum Gasteiger partial charge on any atom is 0.224 e. The van der Waals surface area contributed by atoms with Crippen molar-refractivity contribution in [2.24, 2.45) is 5.92 Å². The fraction of sp³-hybridized carbons (Fsp3) is 0.533. The minimum absolute atomic E-state index is 0. The molecule has 2 atom stereocenters. The van der Waals surface area contributed by atoms with E-state index in [1.54, 1.807) is 0 Å². The Balaban J connectivity index is 0.00000176. The summed E-state index contributed by atoms with van der Waals surface area (Å²) in [5.41, 5.74) is 8.84. The molecule has 1 aromatic carbocycles. The van der Waals surface area contributed by atoms with Crippen molar-refractivity contribution in [3.8, 4) is 0 Å². The summed E-state index contributed by atoms with van der Waals surface area (Å²) in [5, 5.41) is 3.03. The standard InChI is InChI=1S/C15H20N2O3S.ClH/c16-12-4-5-13-10(8-12)2-1-3-14(13)17-15(18)11-6-7-21(19,20)9-11;/h4-5,8,11,14H,1-3,6-7,9,16H2,(H,17,18);1H. The largest absolute Gasteiger partial charge is 0.399 e. The van der Waals surface area contributed by atoms with Crippen molar-refractivity contribution in [1.29, 1.82) is 0 Å². The van der Waals surface area contributed by atoms with E-state index in [-0.39, 0.29) is 35.9 Å². The minimum atomic E-state index is -3.02. The number of nitrogens with one attached hydrogen (secondary N) is 1.